The molecule has 2 N–H and O–H groups in total. The van der Waals surface area contributed by atoms with E-state index in [4.69, 9.17) is 4.98 Å². The molecule has 2 aromatic carbocycles. The number of carboxylic acid groups (broad SMARTS) is 1. The van der Waals surface area contributed by atoms with Crippen molar-refractivity contribution in [1.82, 2.24) is 19.7 Å². The summed E-state index contributed by atoms with van der Waals surface area (Å²) < 4.78 is 16.2. The zero-order valence-electron chi connectivity index (χ0n) is 18.7. The molecule has 3 heterocycles. The number of aryl methyl sites for hydroxylation is 1. The molecule has 172 valence electrons. The second kappa shape index (κ2) is 8.73. The van der Waals surface area contributed by atoms with Crippen LogP contribution in [0.4, 0.5) is 4.39 Å². The van der Waals surface area contributed by atoms with Crippen molar-refractivity contribution in [1.29, 1.82) is 0 Å². The highest BCUT2D eigenvalue weighted by Crippen LogP contribution is 2.41. The van der Waals surface area contributed by atoms with Crippen LogP contribution in [-0.4, -0.2) is 36.1 Å². The van der Waals surface area contributed by atoms with E-state index in [-0.39, 0.29) is 16.8 Å². The number of hydrogen-bond donors (Lipinski definition) is 2. The van der Waals surface area contributed by atoms with Crippen LogP contribution in [0.25, 0.3) is 38.4 Å². The van der Waals surface area contributed by atoms with Gasteiger partial charge in [-0.15, -0.1) is 11.8 Å². The van der Waals surface area contributed by atoms with Gasteiger partial charge in [0.05, 0.1) is 15.6 Å². The lowest BCUT2D eigenvalue weighted by Crippen LogP contribution is -2.09. The number of rotatable bonds is 6. The number of aromatic nitrogens is 4. The quantitative estimate of drug-likeness (QED) is 0.255. The predicted molar refractivity (Wildman–Crippen MR) is 135 cm³/mol. The van der Waals surface area contributed by atoms with Crippen molar-refractivity contribution in [2.75, 3.05) is 0 Å². The van der Waals surface area contributed by atoms with Crippen molar-refractivity contribution >= 4 is 40.0 Å². The van der Waals surface area contributed by atoms with Gasteiger partial charge in [-0.1, -0.05) is 49.4 Å². The fraction of sp³-hybridized carbons (Fsp3) is 0.160. The maximum atomic E-state index is 14.0. The molecular formula is C25H21FN4O2S2. The minimum Gasteiger partial charge on any atom is -0.476 e. The summed E-state index contributed by atoms with van der Waals surface area (Å²) in [5.74, 6) is -1.45. The minimum atomic E-state index is -1.09. The summed E-state index contributed by atoms with van der Waals surface area (Å²) in [6, 6.07) is 13.9. The van der Waals surface area contributed by atoms with Crippen molar-refractivity contribution < 1.29 is 14.3 Å². The molecule has 9 heteroatoms. The maximum absolute atomic E-state index is 14.0. The first kappa shape index (κ1) is 22.4. The number of nitrogens with one attached hydrogen (secondary N) is 1. The van der Waals surface area contributed by atoms with Crippen LogP contribution < -0.4 is 0 Å². The van der Waals surface area contributed by atoms with Gasteiger partial charge in [0.1, 0.15) is 5.82 Å². The third-order valence-corrected chi connectivity index (χ3v) is 7.58. The van der Waals surface area contributed by atoms with Gasteiger partial charge in [-0.3, -0.25) is 0 Å². The monoisotopic (exact) mass is 492 g/mol. The predicted octanol–water partition coefficient (Wildman–Crippen LogP) is 6.79. The SMILES string of the molecule is Cc1nn(-c2nc(-c3cccc(F)c3)c(SC(C)C)s2)c(C(=O)O)c1-c1cccc2[nH]ccc12. The van der Waals surface area contributed by atoms with Gasteiger partial charge in [-0.2, -0.15) is 9.78 Å². The average Bonchev–Trinajstić information content (AvgIpc) is 3.49. The van der Waals surface area contributed by atoms with E-state index in [0.29, 0.717) is 27.6 Å². The lowest BCUT2D eigenvalue weighted by atomic mass is 9.99. The molecule has 0 aliphatic heterocycles. The van der Waals surface area contributed by atoms with E-state index in [1.54, 1.807) is 30.8 Å². The fourth-order valence-corrected chi connectivity index (χ4v) is 6.47. The maximum Gasteiger partial charge on any atom is 0.355 e. The number of carboxylic acids is 1. The summed E-state index contributed by atoms with van der Waals surface area (Å²) in [4.78, 5) is 20.4. The molecule has 34 heavy (non-hydrogen) atoms. The summed E-state index contributed by atoms with van der Waals surface area (Å²) in [5, 5.41) is 16.4. The number of benzene rings is 2. The number of fused-ring (bicyclic) bond motifs is 1. The Hall–Kier alpha value is -3.43. The van der Waals surface area contributed by atoms with Crippen molar-refractivity contribution in [3.8, 4) is 27.5 Å². The summed E-state index contributed by atoms with van der Waals surface area (Å²) in [6.07, 6.45) is 1.83. The number of thiazole rings is 1. The van der Waals surface area contributed by atoms with E-state index < -0.39 is 5.97 Å². The largest absolute Gasteiger partial charge is 0.476 e. The van der Waals surface area contributed by atoms with Crippen molar-refractivity contribution in [2.24, 2.45) is 0 Å². The number of aromatic amines is 1. The Kier molecular flexibility index (Phi) is 5.75. The molecular weight excluding hydrogens is 471 g/mol. The Labute approximate surface area is 203 Å². The molecule has 5 rings (SSSR count). The lowest BCUT2D eigenvalue weighted by Gasteiger charge is -2.05. The van der Waals surface area contributed by atoms with Gasteiger partial charge in [0.25, 0.3) is 0 Å². The number of halogens is 1. The minimum absolute atomic E-state index is 0.0480. The molecule has 0 fully saturated rings. The number of carbonyl (C=O) groups is 1. The first-order chi connectivity index (χ1) is 16.3. The van der Waals surface area contributed by atoms with Crippen LogP contribution >= 0.6 is 23.1 Å². The van der Waals surface area contributed by atoms with Crippen LogP contribution in [0.5, 0.6) is 0 Å². The van der Waals surface area contributed by atoms with Crippen LogP contribution in [0.15, 0.2) is 58.9 Å². The van der Waals surface area contributed by atoms with Crippen LogP contribution in [0.2, 0.25) is 0 Å². The number of thioether (sulfide) groups is 1. The molecule has 0 aliphatic rings. The summed E-state index contributed by atoms with van der Waals surface area (Å²) in [5.41, 5.74) is 4.16. The number of hydrogen-bond acceptors (Lipinski definition) is 5. The average molecular weight is 493 g/mol. The molecule has 0 saturated heterocycles. The molecule has 0 saturated carbocycles. The second-order valence-corrected chi connectivity index (χ2v) is 10.9. The smallest absolute Gasteiger partial charge is 0.355 e. The van der Waals surface area contributed by atoms with E-state index in [2.05, 4.69) is 23.9 Å². The van der Waals surface area contributed by atoms with Crippen molar-refractivity contribution in [3.63, 3.8) is 0 Å². The van der Waals surface area contributed by atoms with Crippen LogP contribution in [0, 0.1) is 12.7 Å². The lowest BCUT2D eigenvalue weighted by molar-refractivity contribution is 0.0688. The van der Waals surface area contributed by atoms with Gasteiger partial charge in [0.15, 0.2) is 5.69 Å². The number of H-pyrrole nitrogens is 1. The van der Waals surface area contributed by atoms with E-state index in [1.165, 1.54) is 28.2 Å². The highest BCUT2D eigenvalue weighted by atomic mass is 32.2. The third kappa shape index (κ3) is 3.91. The zero-order valence-corrected chi connectivity index (χ0v) is 20.3. The Bertz CT molecular complexity index is 1530. The number of aromatic carboxylic acids is 1. The van der Waals surface area contributed by atoms with Gasteiger partial charge in [0, 0.05) is 33.5 Å². The third-order valence-electron chi connectivity index (χ3n) is 5.33. The Morgan fingerprint density at radius 3 is 2.74 bits per heavy atom. The summed E-state index contributed by atoms with van der Waals surface area (Å²) in [7, 11) is 0. The highest BCUT2D eigenvalue weighted by molar-refractivity contribution is 8.01. The van der Waals surface area contributed by atoms with Crippen LogP contribution in [-0.2, 0) is 0 Å². The summed E-state index contributed by atoms with van der Waals surface area (Å²) >= 11 is 2.96. The van der Waals surface area contributed by atoms with Crippen molar-refractivity contribution in [3.05, 3.63) is 71.9 Å². The molecule has 0 aliphatic carbocycles. The van der Waals surface area contributed by atoms with Crippen LogP contribution in [0.1, 0.15) is 30.0 Å². The molecule has 5 aromatic rings. The molecule has 0 unspecified atom stereocenters. The highest BCUT2D eigenvalue weighted by Gasteiger charge is 2.27. The van der Waals surface area contributed by atoms with Gasteiger partial charge in [0.2, 0.25) is 5.13 Å². The molecule has 0 radical (unpaired) electrons. The first-order valence-electron chi connectivity index (χ1n) is 10.7. The standard InChI is InChI=1S/C25H21FN4O2S2/c1-13(2)33-24-21(15-6-4-7-16(26)12-15)28-25(34-24)30-22(23(31)32)20(14(3)29-30)18-8-5-9-19-17(18)10-11-27-19/h4-13,27H,1-3H3,(H,31,32). The Balaban J connectivity index is 1.73. The molecule has 6 nitrogen and oxygen atoms in total. The first-order valence-corrected chi connectivity index (χ1v) is 12.4. The summed E-state index contributed by atoms with van der Waals surface area (Å²) in [6.45, 7) is 5.93. The number of nitrogens with zero attached hydrogens (tertiary/aromatic N) is 3. The van der Waals surface area contributed by atoms with E-state index in [9.17, 15) is 14.3 Å². The molecule has 0 bridgehead atoms. The van der Waals surface area contributed by atoms with Crippen LogP contribution in [0.3, 0.4) is 0 Å². The van der Waals surface area contributed by atoms with Gasteiger partial charge in [-0.05, 0) is 36.8 Å². The normalized spacial score (nSPS) is 11.6. The molecule has 0 amide bonds. The van der Waals surface area contributed by atoms with Crippen molar-refractivity contribution in [2.45, 2.75) is 30.2 Å². The zero-order chi connectivity index (χ0) is 24.0. The van der Waals surface area contributed by atoms with E-state index in [1.807, 2.05) is 30.5 Å². The Morgan fingerprint density at radius 1 is 1.21 bits per heavy atom. The van der Waals surface area contributed by atoms with E-state index in [0.717, 1.165) is 20.7 Å². The van der Waals surface area contributed by atoms with Gasteiger partial charge >= 0.3 is 5.97 Å². The van der Waals surface area contributed by atoms with Gasteiger partial charge in [-0.25, -0.2) is 14.2 Å². The second-order valence-electron chi connectivity index (χ2n) is 8.08. The topological polar surface area (TPSA) is 83.8 Å². The van der Waals surface area contributed by atoms with E-state index >= 15 is 0 Å². The molecule has 0 spiro atoms. The fourth-order valence-electron chi connectivity index (χ4n) is 3.99. The molecule has 0 atom stereocenters. The Morgan fingerprint density at radius 2 is 2.00 bits per heavy atom. The van der Waals surface area contributed by atoms with Gasteiger partial charge < -0.3 is 10.1 Å². The molecule has 3 aromatic heterocycles.